The molecule has 0 unspecified atom stereocenters. The van der Waals surface area contributed by atoms with Gasteiger partial charge in [-0.2, -0.15) is 0 Å². The molecular formula is C14H27NO3. The van der Waals surface area contributed by atoms with Gasteiger partial charge in [-0.15, -0.1) is 0 Å². The lowest BCUT2D eigenvalue weighted by Gasteiger charge is -2.38. The van der Waals surface area contributed by atoms with Crippen LogP contribution < -0.4 is 0 Å². The molecule has 1 amide bonds. The largest absolute Gasteiger partial charge is 0.444 e. The Hall–Kier alpha value is -0.770. The molecule has 1 rings (SSSR count). The molecule has 0 aliphatic carbocycles. The molecule has 1 fully saturated rings. The Balaban J connectivity index is 2.41. The fraction of sp³-hybridized carbons (Fsp3) is 0.929. The monoisotopic (exact) mass is 257 g/mol. The second-order valence-corrected chi connectivity index (χ2v) is 6.30. The van der Waals surface area contributed by atoms with E-state index >= 15 is 0 Å². The van der Waals surface area contributed by atoms with Gasteiger partial charge in [0.05, 0.1) is 5.60 Å². The number of ether oxygens (including phenoxy) is 1. The Morgan fingerprint density at radius 3 is 2.33 bits per heavy atom. The van der Waals surface area contributed by atoms with Crippen LogP contribution in [0, 0.1) is 0 Å². The summed E-state index contributed by atoms with van der Waals surface area (Å²) in [5, 5.41) is 10.4. The normalized spacial score (nSPS) is 19.7. The van der Waals surface area contributed by atoms with Gasteiger partial charge in [-0.25, -0.2) is 4.79 Å². The molecule has 1 N–H and O–H groups in total. The topological polar surface area (TPSA) is 49.8 Å². The van der Waals surface area contributed by atoms with Crippen LogP contribution in [0.1, 0.15) is 59.8 Å². The maximum Gasteiger partial charge on any atom is 0.410 e. The van der Waals surface area contributed by atoms with Gasteiger partial charge >= 0.3 is 6.09 Å². The highest BCUT2D eigenvalue weighted by Gasteiger charge is 2.34. The third kappa shape index (κ3) is 4.84. The second-order valence-electron chi connectivity index (χ2n) is 6.30. The lowest BCUT2D eigenvalue weighted by molar-refractivity contribution is -0.0375. The molecule has 106 valence electrons. The maximum absolute atomic E-state index is 11.9. The molecular weight excluding hydrogens is 230 g/mol. The first kappa shape index (κ1) is 15.3. The fourth-order valence-electron chi connectivity index (χ4n) is 2.19. The predicted molar refractivity (Wildman–Crippen MR) is 71.5 cm³/mol. The zero-order valence-electron chi connectivity index (χ0n) is 12.2. The van der Waals surface area contributed by atoms with Crippen LogP contribution in [0.2, 0.25) is 0 Å². The lowest BCUT2D eigenvalue weighted by Crippen LogP contribution is -2.48. The summed E-state index contributed by atoms with van der Waals surface area (Å²) >= 11 is 0. The third-order valence-electron chi connectivity index (χ3n) is 3.34. The Morgan fingerprint density at radius 1 is 1.33 bits per heavy atom. The van der Waals surface area contributed by atoms with E-state index in [9.17, 15) is 9.90 Å². The van der Waals surface area contributed by atoms with Crippen LogP contribution in [0.5, 0.6) is 0 Å². The summed E-state index contributed by atoms with van der Waals surface area (Å²) in [5.41, 5.74) is -1.03. The predicted octanol–water partition coefficient (Wildman–Crippen LogP) is 2.94. The summed E-state index contributed by atoms with van der Waals surface area (Å²) < 4.78 is 5.33. The number of carbonyl (C=O) groups is 1. The van der Waals surface area contributed by atoms with Gasteiger partial charge in [0.2, 0.25) is 0 Å². The highest BCUT2D eigenvalue weighted by Crippen LogP contribution is 2.28. The molecule has 4 nitrogen and oxygen atoms in total. The van der Waals surface area contributed by atoms with Gasteiger partial charge in [-0.3, -0.25) is 0 Å². The van der Waals surface area contributed by atoms with E-state index in [2.05, 4.69) is 6.92 Å². The number of rotatable bonds is 3. The number of hydrogen-bond donors (Lipinski definition) is 1. The zero-order chi connectivity index (χ0) is 13.8. The minimum atomic E-state index is -0.575. The minimum Gasteiger partial charge on any atom is -0.444 e. The molecule has 4 heteroatoms. The van der Waals surface area contributed by atoms with Crippen molar-refractivity contribution >= 4 is 6.09 Å². The molecule has 0 saturated carbocycles. The first-order valence-corrected chi connectivity index (χ1v) is 6.96. The van der Waals surface area contributed by atoms with E-state index in [4.69, 9.17) is 4.74 Å². The first-order chi connectivity index (χ1) is 8.26. The lowest BCUT2D eigenvalue weighted by atomic mass is 9.87. The van der Waals surface area contributed by atoms with Crippen LogP contribution in [-0.2, 0) is 4.74 Å². The average molecular weight is 257 g/mol. The van der Waals surface area contributed by atoms with Crippen LogP contribution in [0.25, 0.3) is 0 Å². The molecule has 18 heavy (non-hydrogen) atoms. The van der Waals surface area contributed by atoms with Gasteiger partial charge in [0.1, 0.15) is 5.60 Å². The van der Waals surface area contributed by atoms with E-state index in [-0.39, 0.29) is 6.09 Å². The number of aliphatic hydroxyl groups is 1. The van der Waals surface area contributed by atoms with E-state index in [1.165, 1.54) is 0 Å². The van der Waals surface area contributed by atoms with E-state index in [1.807, 2.05) is 20.8 Å². The Morgan fingerprint density at radius 2 is 1.89 bits per heavy atom. The number of unbranched alkanes of at least 4 members (excludes halogenated alkanes) is 1. The van der Waals surface area contributed by atoms with Crippen LogP contribution in [-0.4, -0.2) is 40.4 Å². The van der Waals surface area contributed by atoms with Crippen LogP contribution in [0.4, 0.5) is 4.79 Å². The Bertz CT molecular complexity index is 275. The van der Waals surface area contributed by atoms with Gasteiger partial charge in [-0.05, 0) is 40.0 Å². The number of carbonyl (C=O) groups excluding carboxylic acids is 1. The molecule has 1 saturated heterocycles. The molecule has 0 spiro atoms. The van der Waals surface area contributed by atoms with Crippen molar-refractivity contribution in [3.8, 4) is 0 Å². The molecule has 1 aliphatic rings. The van der Waals surface area contributed by atoms with E-state index < -0.39 is 11.2 Å². The van der Waals surface area contributed by atoms with Crippen molar-refractivity contribution in [3.63, 3.8) is 0 Å². The standard InChI is InChI=1S/C14H27NO3/c1-5-6-7-14(17)8-10-15(11-9-14)12(16)18-13(2,3)4/h17H,5-11H2,1-4H3. The number of nitrogens with zero attached hydrogens (tertiary/aromatic N) is 1. The number of likely N-dealkylation sites (tertiary alicyclic amines) is 1. The first-order valence-electron chi connectivity index (χ1n) is 6.96. The third-order valence-corrected chi connectivity index (χ3v) is 3.34. The highest BCUT2D eigenvalue weighted by atomic mass is 16.6. The van der Waals surface area contributed by atoms with Crippen molar-refractivity contribution in [1.82, 2.24) is 4.90 Å². The number of hydrogen-bond acceptors (Lipinski definition) is 3. The fourth-order valence-corrected chi connectivity index (χ4v) is 2.19. The van der Waals surface area contributed by atoms with Gasteiger partial charge in [-0.1, -0.05) is 19.8 Å². The van der Waals surface area contributed by atoms with Crippen molar-refractivity contribution < 1.29 is 14.6 Å². The Kier molecular flexibility index (Phi) is 5.02. The van der Waals surface area contributed by atoms with Gasteiger partial charge in [0.15, 0.2) is 0 Å². The summed E-state index contributed by atoms with van der Waals surface area (Å²) in [5.74, 6) is 0. The van der Waals surface area contributed by atoms with E-state index in [1.54, 1.807) is 4.90 Å². The Labute approximate surface area is 110 Å². The van der Waals surface area contributed by atoms with Crippen LogP contribution in [0.3, 0.4) is 0 Å². The van der Waals surface area contributed by atoms with Crippen molar-refractivity contribution in [2.45, 2.75) is 71.0 Å². The molecule has 0 aromatic rings. The number of piperidine rings is 1. The van der Waals surface area contributed by atoms with Gasteiger partial charge < -0.3 is 14.7 Å². The van der Waals surface area contributed by atoms with Crippen molar-refractivity contribution in [1.29, 1.82) is 0 Å². The summed E-state index contributed by atoms with van der Waals surface area (Å²) in [6.45, 7) is 8.91. The molecule has 0 aromatic carbocycles. The maximum atomic E-state index is 11.9. The van der Waals surface area contributed by atoms with Crippen molar-refractivity contribution in [3.05, 3.63) is 0 Å². The smallest absolute Gasteiger partial charge is 0.410 e. The van der Waals surface area contributed by atoms with Crippen molar-refractivity contribution in [2.24, 2.45) is 0 Å². The molecule has 1 heterocycles. The molecule has 0 radical (unpaired) electrons. The van der Waals surface area contributed by atoms with E-state index in [0.29, 0.717) is 25.9 Å². The van der Waals surface area contributed by atoms with Gasteiger partial charge in [0, 0.05) is 13.1 Å². The summed E-state index contributed by atoms with van der Waals surface area (Å²) in [6, 6.07) is 0. The van der Waals surface area contributed by atoms with Crippen LogP contribution >= 0.6 is 0 Å². The SMILES string of the molecule is CCCCC1(O)CCN(C(=O)OC(C)(C)C)CC1. The highest BCUT2D eigenvalue weighted by molar-refractivity contribution is 5.68. The molecule has 1 aliphatic heterocycles. The molecule has 0 atom stereocenters. The molecule has 0 aromatic heterocycles. The zero-order valence-corrected chi connectivity index (χ0v) is 12.2. The quantitative estimate of drug-likeness (QED) is 0.845. The minimum absolute atomic E-state index is 0.264. The van der Waals surface area contributed by atoms with Crippen molar-refractivity contribution in [2.75, 3.05) is 13.1 Å². The van der Waals surface area contributed by atoms with Crippen LogP contribution in [0.15, 0.2) is 0 Å². The van der Waals surface area contributed by atoms with Gasteiger partial charge in [0.25, 0.3) is 0 Å². The summed E-state index contributed by atoms with van der Waals surface area (Å²) in [6.07, 6.45) is 4.03. The molecule has 0 bridgehead atoms. The summed E-state index contributed by atoms with van der Waals surface area (Å²) in [7, 11) is 0. The average Bonchev–Trinajstić information content (AvgIpc) is 2.25. The second kappa shape index (κ2) is 5.91. The van der Waals surface area contributed by atoms with E-state index in [0.717, 1.165) is 19.3 Å². The summed E-state index contributed by atoms with van der Waals surface area (Å²) in [4.78, 5) is 13.6. The number of amides is 1.